The summed E-state index contributed by atoms with van der Waals surface area (Å²) in [6.07, 6.45) is -2.79. The Balaban J connectivity index is 3.20. The van der Waals surface area contributed by atoms with Gasteiger partial charge in [-0.15, -0.1) is 0 Å². The lowest BCUT2D eigenvalue weighted by Crippen LogP contribution is -2.19. The molecular weight excluding hydrogens is 235 g/mol. The number of phenols is 1. The Hall–Kier alpha value is -0.580. The standard InChI is InChI=1S/C8H7Cl2F2NO/c9-3-1-4(10)6(5(14)2-3)7(13)8(11)12/h1-2,7-8,14H,13H2/t7-/m1/s1. The third-order valence-corrected chi connectivity index (χ3v) is 2.21. The number of phenolic OH excluding ortho intramolecular Hbond substituents is 1. The highest BCUT2D eigenvalue weighted by atomic mass is 35.5. The fraction of sp³-hybridized carbons (Fsp3) is 0.250. The molecule has 0 spiro atoms. The highest BCUT2D eigenvalue weighted by Crippen LogP contribution is 2.35. The first kappa shape index (κ1) is 11.5. The second-order valence-corrected chi connectivity index (χ2v) is 3.52. The maximum Gasteiger partial charge on any atom is 0.257 e. The van der Waals surface area contributed by atoms with Gasteiger partial charge in [0.05, 0.1) is 11.1 Å². The van der Waals surface area contributed by atoms with Crippen LogP contribution in [-0.4, -0.2) is 11.5 Å². The smallest absolute Gasteiger partial charge is 0.257 e. The van der Waals surface area contributed by atoms with E-state index in [0.717, 1.165) is 6.07 Å². The van der Waals surface area contributed by atoms with E-state index in [1.807, 2.05) is 0 Å². The van der Waals surface area contributed by atoms with Crippen LogP contribution >= 0.6 is 23.2 Å². The number of hydrogen-bond donors (Lipinski definition) is 2. The van der Waals surface area contributed by atoms with Crippen LogP contribution in [0.2, 0.25) is 10.0 Å². The Morgan fingerprint density at radius 3 is 2.29 bits per heavy atom. The summed E-state index contributed by atoms with van der Waals surface area (Å²) in [5, 5.41) is 9.41. The lowest BCUT2D eigenvalue weighted by atomic mass is 10.1. The van der Waals surface area contributed by atoms with Gasteiger partial charge >= 0.3 is 0 Å². The van der Waals surface area contributed by atoms with E-state index >= 15 is 0 Å². The first-order chi connectivity index (χ1) is 6.43. The molecule has 0 fully saturated rings. The van der Waals surface area contributed by atoms with Crippen LogP contribution in [0.3, 0.4) is 0 Å². The van der Waals surface area contributed by atoms with Crippen molar-refractivity contribution in [3.63, 3.8) is 0 Å². The molecule has 0 unspecified atom stereocenters. The minimum Gasteiger partial charge on any atom is -0.507 e. The Morgan fingerprint density at radius 2 is 1.86 bits per heavy atom. The van der Waals surface area contributed by atoms with Gasteiger partial charge < -0.3 is 10.8 Å². The van der Waals surface area contributed by atoms with Gasteiger partial charge in [0.15, 0.2) is 0 Å². The quantitative estimate of drug-likeness (QED) is 0.837. The maximum atomic E-state index is 12.2. The molecule has 0 aliphatic rings. The van der Waals surface area contributed by atoms with Gasteiger partial charge in [0.25, 0.3) is 6.43 Å². The fourth-order valence-corrected chi connectivity index (χ4v) is 1.64. The third-order valence-electron chi connectivity index (χ3n) is 1.68. The molecule has 0 heterocycles. The zero-order chi connectivity index (χ0) is 10.9. The van der Waals surface area contributed by atoms with Gasteiger partial charge in [-0.1, -0.05) is 23.2 Å². The van der Waals surface area contributed by atoms with Crippen LogP contribution in [0.5, 0.6) is 5.75 Å². The minimum absolute atomic E-state index is 0.0669. The van der Waals surface area contributed by atoms with Crippen LogP contribution in [0.4, 0.5) is 8.78 Å². The van der Waals surface area contributed by atoms with Crippen molar-refractivity contribution in [1.29, 1.82) is 0 Å². The average Bonchev–Trinajstić information content (AvgIpc) is 2.01. The van der Waals surface area contributed by atoms with Crippen LogP contribution in [0.15, 0.2) is 12.1 Å². The van der Waals surface area contributed by atoms with E-state index in [0.29, 0.717) is 0 Å². The number of benzene rings is 1. The number of aromatic hydroxyl groups is 1. The van der Waals surface area contributed by atoms with Crippen molar-refractivity contribution in [1.82, 2.24) is 0 Å². The number of alkyl halides is 2. The summed E-state index contributed by atoms with van der Waals surface area (Å²) < 4.78 is 24.5. The van der Waals surface area contributed by atoms with E-state index in [4.69, 9.17) is 28.9 Å². The van der Waals surface area contributed by atoms with Crippen molar-refractivity contribution in [3.05, 3.63) is 27.7 Å². The molecule has 78 valence electrons. The summed E-state index contributed by atoms with van der Waals surface area (Å²) >= 11 is 11.1. The van der Waals surface area contributed by atoms with Gasteiger partial charge in [0.1, 0.15) is 5.75 Å². The normalized spacial score (nSPS) is 13.3. The zero-order valence-corrected chi connectivity index (χ0v) is 8.36. The SMILES string of the molecule is N[C@H](c1c(O)cc(Cl)cc1Cl)C(F)F. The molecule has 0 aliphatic heterocycles. The first-order valence-electron chi connectivity index (χ1n) is 3.65. The molecular formula is C8H7Cl2F2NO. The monoisotopic (exact) mass is 241 g/mol. The number of hydrogen-bond acceptors (Lipinski definition) is 2. The van der Waals surface area contributed by atoms with Crippen molar-refractivity contribution >= 4 is 23.2 Å². The molecule has 2 nitrogen and oxygen atoms in total. The van der Waals surface area contributed by atoms with E-state index in [1.165, 1.54) is 6.07 Å². The van der Waals surface area contributed by atoms with Crippen LogP contribution in [0.1, 0.15) is 11.6 Å². The molecule has 14 heavy (non-hydrogen) atoms. The third kappa shape index (κ3) is 2.26. The highest BCUT2D eigenvalue weighted by Gasteiger charge is 2.23. The Labute approximate surface area is 89.2 Å². The van der Waals surface area contributed by atoms with Gasteiger partial charge in [0, 0.05) is 10.6 Å². The maximum absolute atomic E-state index is 12.2. The van der Waals surface area contributed by atoms with Crippen LogP contribution in [0, 0.1) is 0 Å². The molecule has 0 amide bonds. The van der Waals surface area contributed by atoms with Crippen molar-refractivity contribution in [3.8, 4) is 5.75 Å². The summed E-state index contributed by atoms with van der Waals surface area (Å²) in [6.45, 7) is 0. The molecule has 0 saturated carbocycles. The minimum atomic E-state index is -2.79. The summed E-state index contributed by atoms with van der Waals surface area (Å²) in [5.41, 5.74) is 4.96. The molecule has 1 atom stereocenters. The molecule has 0 saturated heterocycles. The van der Waals surface area contributed by atoms with Crippen LogP contribution in [0.25, 0.3) is 0 Å². The topological polar surface area (TPSA) is 46.2 Å². The van der Waals surface area contributed by atoms with E-state index < -0.39 is 18.2 Å². The molecule has 1 aromatic carbocycles. The van der Waals surface area contributed by atoms with Crippen molar-refractivity contribution in [2.45, 2.75) is 12.5 Å². The molecule has 6 heteroatoms. The van der Waals surface area contributed by atoms with Gasteiger partial charge in [-0.3, -0.25) is 0 Å². The molecule has 0 bridgehead atoms. The summed E-state index contributed by atoms with van der Waals surface area (Å²) in [5.74, 6) is -0.421. The van der Waals surface area contributed by atoms with Gasteiger partial charge in [-0.05, 0) is 12.1 Å². The van der Waals surface area contributed by atoms with Gasteiger partial charge in [-0.25, -0.2) is 8.78 Å². The average molecular weight is 242 g/mol. The van der Waals surface area contributed by atoms with Crippen molar-refractivity contribution in [2.24, 2.45) is 5.73 Å². The molecule has 1 rings (SSSR count). The number of nitrogens with two attached hydrogens (primary N) is 1. The Bertz CT molecular complexity index is 323. The summed E-state index contributed by atoms with van der Waals surface area (Å²) in [7, 11) is 0. The lowest BCUT2D eigenvalue weighted by molar-refractivity contribution is 0.115. The predicted octanol–water partition coefficient (Wildman–Crippen LogP) is 2.96. The van der Waals surface area contributed by atoms with Crippen LogP contribution in [-0.2, 0) is 0 Å². The molecule has 3 N–H and O–H groups in total. The molecule has 0 aliphatic carbocycles. The second kappa shape index (κ2) is 4.29. The number of rotatable bonds is 2. The highest BCUT2D eigenvalue weighted by molar-refractivity contribution is 6.35. The van der Waals surface area contributed by atoms with E-state index in [9.17, 15) is 13.9 Å². The summed E-state index contributed by atoms with van der Waals surface area (Å²) in [6, 6.07) is 0.755. The van der Waals surface area contributed by atoms with Crippen molar-refractivity contribution < 1.29 is 13.9 Å². The molecule has 0 aromatic heterocycles. The van der Waals surface area contributed by atoms with E-state index in [2.05, 4.69) is 0 Å². The lowest BCUT2D eigenvalue weighted by Gasteiger charge is -2.14. The summed E-state index contributed by atoms with van der Waals surface area (Å²) in [4.78, 5) is 0. The zero-order valence-electron chi connectivity index (χ0n) is 6.85. The van der Waals surface area contributed by atoms with E-state index in [-0.39, 0.29) is 15.6 Å². The van der Waals surface area contributed by atoms with Gasteiger partial charge in [0.2, 0.25) is 0 Å². The van der Waals surface area contributed by atoms with Crippen LogP contribution < -0.4 is 5.73 Å². The molecule has 1 aromatic rings. The van der Waals surface area contributed by atoms with Gasteiger partial charge in [-0.2, -0.15) is 0 Å². The second-order valence-electron chi connectivity index (χ2n) is 2.68. The first-order valence-corrected chi connectivity index (χ1v) is 4.40. The Morgan fingerprint density at radius 1 is 1.29 bits per heavy atom. The Kier molecular flexibility index (Phi) is 3.53. The van der Waals surface area contributed by atoms with Crippen molar-refractivity contribution in [2.75, 3.05) is 0 Å². The number of halogens is 4. The predicted molar refractivity (Wildman–Crippen MR) is 51.1 cm³/mol. The fourth-order valence-electron chi connectivity index (χ4n) is 1.03. The largest absolute Gasteiger partial charge is 0.507 e. The van der Waals surface area contributed by atoms with E-state index in [1.54, 1.807) is 0 Å². The molecule has 0 radical (unpaired) electrons.